The fourth-order valence-electron chi connectivity index (χ4n) is 1.13. The summed E-state index contributed by atoms with van der Waals surface area (Å²) in [5, 5.41) is 0. The molecular weight excluding hydrogens is 180 g/mol. The van der Waals surface area contributed by atoms with Gasteiger partial charge in [0.1, 0.15) is 0 Å². The second-order valence-corrected chi connectivity index (χ2v) is 4.04. The molecule has 0 heterocycles. The minimum atomic E-state index is 0.977. The minimum absolute atomic E-state index is 0.977. The van der Waals surface area contributed by atoms with Gasteiger partial charge in [-0.15, -0.1) is 0 Å². The molecule has 0 atom stereocenters. The molecule has 0 aromatic rings. The van der Waals surface area contributed by atoms with Crippen molar-refractivity contribution in [3.05, 3.63) is 60.3 Å². The zero-order valence-corrected chi connectivity index (χ0v) is 10.3. The number of rotatable bonds is 6. The predicted molar refractivity (Wildman–Crippen MR) is 70.9 cm³/mol. The molecule has 0 unspecified atom stereocenters. The Hall–Kier alpha value is -1.30. The number of allylic oxidation sites excluding steroid dienone is 7. The van der Waals surface area contributed by atoms with Gasteiger partial charge in [-0.1, -0.05) is 49.1 Å². The van der Waals surface area contributed by atoms with Gasteiger partial charge in [0.15, 0.2) is 0 Å². The summed E-state index contributed by atoms with van der Waals surface area (Å²) in [5.74, 6) is 0. The Balaban J connectivity index is 4.18. The minimum Gasteiger partial charge on any atom is -0.0988 e. The van der Waals surface area contributed by atoms with Crippen LogP contribution in [0.25, 0.3) is 0 Å². The largest absolute Gasteiger partial charge is 0.0988 e. The van der Waals surface area contributed by atoms with Gasteiger partial charge in [0.2, 0.25) is 0 Å². The van der Waals surface area contributed by atoms with Crippen molar-refractivity contribution in [2.75, 3.05) is 0 Å². The molecule has 0 saturated heterocycles. The molecule has 0 heteroatoms. The molecular formula is C15H22. The van der Waals surface area contributed by atoms with Crippen LogP contribution in [0, 0.1) is 0 Å². The monoisotopic (exact) mass is 202 g/mol. The highest BCUT2D eigenvalue weighted by atomic mass is 14.0. The maximum absolute atomic E-state index is 4.03. The predicted octanol–water partition coefficient (Wildman–Crippen LogP) is 4.98. The summed E-state index contributed by atoms with van der Waals surface area (Å²) in [6.45, 7) is 18.0. The molecule has 0 saturated carbocycles. The zero-order chi connectivity index (χ0) is 11.8. The van der Waals surface area contributed by atoms with Gasteiger partial charge in [-0.2, -0.15) is 0 Å². The van der Waals surface area contributed by atoms with Gasteiger partial charge in [-0.3, -0.25) is 0 Å². The van der Waals surface area contributed by atoms with Crippen molar-refractivity contribution in [1.82, 2.24) is 0 Å². The van der Waals surface area contributed by atoms with Gasteiger partial charge in [-0.05, 0) is 44.8 Å². The molecule has 0 amide bonds. The fourth-order valence-corrected chi connectivity index (χ4v) is 1.13. The molecule has 0 nitrogen and oxygen atoms in total. The van der Waals surface area contributed by atoms with Crippen molar-refractivity contribution in [1.29, 1.82) is 0 Å². The summed E-state index contributed by atoms with van der Waals surface area (Å²) in [6, 6.07) is 0. The molecule has 0 aromatic heterocycles. The van der Waals surface area contributed by atoms with Gasteiger partial charge in [0, 0.05) is 0 Å². The maximum atomic E-state index is 4.03. The second kappa shape index (κ2) is 7.05. The van der Waals surface area contributed by atoms with Crippen molar-refractivity contribution in [3.63, 3.8) is 0 Å². The average molecular weight is 202 g/mol. The smallest absolute Gasteiger partial charge is 0.0244 e. The van der Waals surface area contributed by atoms with Crippen LogP contribution >= 0.6 is 0 Å². The fraction of sp³-hybridized carbons (Fsp3) is 0.333. The van der Waals surface area contributed by atoms with Crippen molar-refractivity contribution < 1.29 is 0 Å². The van der Waals surface area contributed by atoms with E-state index >= 15 is 0 Å². The molecule has 0 radical (unpaired) electrons. The molecule has 0 N–H and O–H groups in total. The molecule has 0 rings (SSSR count). The first-order chi connectivity index (χ1) is 6.97. The summed E-state index contributed by atoms with van der Waals surface area (Å²) in [5.41, 5.74) is 4.60. The van der Waals surface area contributed by atoms with Crippen molar-refractivity contribution in [2.45, 2.75) is 33.6 Å². The summed E-state index contributed by atoms with van der Waals surface area (Å²) in [4.78, 5) is 0. The number of hydrogen-bond donors (Lipinski definition) is 0. The lowest BCUT2D eigenvalue weighted by Crippen LogP contribution is -1.84. The third-order valence-electron chi connectivity index (χ3n) is 2.18. The number of hydrogen-bond acceptors (Lipinski definition) is 0. The van der Waals surface area contributed by atoms with Crippen molar-refractivity contribution in [2.24, 2.45) is 0 Å². The molecule has 0 aliphatic rings. The Labute approximate surface area is 94.4 Å². The Morgan fingerprint density at radius 3 is 2.20 bits per heavy atom. The molecule has 0 bridgehead atoms. The van der Waals surface area contributed by atoms with Gasteiger partial charge in [0.25, 0.3) is 0 Å². The highest BCUT2D eigenvalue weighted by Gasteiger charge is 1.96. The average Bonchev–Trinajstić information content (AvgIpc) is 2.16. The normalized spacial score (nSPS) is 10.7. The molecule has 0 aliphatic heterocycles. The Morgan fingerprint density at radius 2 is 1.73 bits per heavy atom. The Morgan fingerprint density at radius 1 is 1.13 bits per heavy atom. The maximum Gasteiger partial charge on any atom is -0.0244 e. The van der Waals surface area contributed by atoms with Crippen LogP contribution in [0.1, 0.15) is 33.6 Å². The van der Waals surface area contributed by atoms with Crippen LogP contribution in [0.4, 0.5) is 0 Å². The van der Waals surface area contributed by atoms with Crippen molar-refractivity contribution >= 4 is 0 Å². The van der Waals surface area contributed by atoms with E-state index in [1.807, 2.05) is 19.1 Å². The summed E-state index contributed by atoms with van der Waals surface area (Å²) >= 11 is 0. The Bertz CT molecular complexity index is 307. The molecule has 15 heavy (non-hydrogen) atoms. The van der Waals surface area contributed by atoms with E-state index in [1.54, 1.807) is 0 Å². The molecule has 82 valence electrons. The molecule has 0 aromatic carbocycles. The zero-order valence-electron chi connectivity index (χ0n) is 10.3. The molecule has 0 aliphatic carbocycles. The van der Waals surface area contributed by atoms with Crippen molar-refractivity contribution in [3.8, 4) is 0 Å². The van der Waals surface area contributed by atoms with Crippen LogP contribution in [0.2, 0.25) is 0 Å². The van der Waals surface area contributed by atoms with Crippen LogP contribution in [-0.2, 0) is 0 Å². The Kier molecular flexibility index (Phi) is 6.44. The van der Waals surface area contributed by atoms with Crippen LogP contribution < -0.4 is 0 Å². The first-order valence-corrected chi connectivity index (χ1v) is 5.28. The second-order valence-electron chi connectivity index (χ2n) is 4.04. The highest BCUT2D eigenvalue weighted by Crippen LogP contribution is 2.16. The van der Waals surface area contributed by atoms with Gasteiger partial charge >= 0.3 is 0 Å². The van der Waals surface area contributed by atoms with E-state index in [1.165, 1.54) is 5.57 Å². The van der Waals surface area contributed by atoms with Gasteiger partial charge in [-0.25, -0.2) is 0 Å². The SMILES string of the molecule is C=C/C(C)=C\C(=C)C(=C)CCC=C(C)C. The summed E-state index contributed by atoms with van der Waals surface area (Å²) in [6.07, 6.45) is 8.10. The first kappa shape index (κ1) is 13.7. The van der Waals surface area contributed by atoms with E-state index in [4.69, 9.17) is 0 Å². The van der Waals surface area contributed by atoms with Crippen LogP contribution in [0.3, 0.4) is 0 Å². The molecule has 0 spiro atoms. The van der Waals surface area contributed by atoms with E-state index in [9.17, 15) is 0 Å². The van der Waals surface area contributed by atoms with Gasteiger partial charge < -0.3 is 0 Å². The highest BCUT2D eigenvalue weighted by molar-refractivity contribution is 5.39. The third kappa shape index (κ3) is 6.73. The van der Waals surface area contributed by atoms with E-state index in [0.29, 0.717) is 0 Å². The first-order valence-electron chi connectivity index (χ1n) is 5.28. The van der Waals surface area contributed by atoms with E-state index in [0.717, 1.165) is 29.6 Å². The van der Waals surface area contributed by atoms with E-state index < -0.39 is 0 Å². The van der Waals surface area contributed by atoms with E-state index in [2.05, 4.69) is 39.7 Å². The third-order valence-corrected chi connectivity index (χ3v) is 2.18. The quantitative estimate of drug-likeness (QED) is 0.421. The van der Waals surface area contributed by atoms with E-state index in [-0.39, 0.29) is 0 Å². The topological polar surface area (TPSA) is 0 Å². The lowest BCUT2D eigenvalue weighted by atomic mass is 10.0. The molecule has 0 fully saturated rings. The standard InChI is InChI=1S/C15H22/c1-7-13(4)11-15(6)14(5)10-8-9-12(2)3/h7,9,11H,1,5-6,8,10H2,2-4H3/b13-11-. The van der Waals surface area contributed by atoms with Crippen LogP contribution in [0.15, 0.2) is 60.3 Å². The van der Waals surface area contributed by atoms with Gasteiger partial charge in [0.05, 0.1) is 0 Å². The summed E-state index contributed by atoms with van der Waals surface area (Å²) < 4.78 is 0. The summed E-state index contributed by atoms with van der Waals surface area (Å²) in [7, 11) is 0. The van der Waals surface area contributed by atoms with Crippen LogP contribution in [0.5, 0.6) is 0 Å². The van der Waals surface area contributed by atoms with Crippen LogP contribution in [-0.4, -0.2) is 0 Å². The lowest BCUT2D eigenvalue weighted by molar-refractivity contribution is 0.987. The lowest BCUT2D eigenvalue weighted by Gasteiger charge is -2.04.